The van der Waals surface area contributed by atoms with Gasteiger partial charge in [0.2, 0.25) is 5.89 Å². The maximum Gasteiger partial charge on any atom is 0.227 e. The molecule has 0 aliphatic heterocycles. The molecule has 49 heavy (non-hydrogen) atoms. The monoisotopic (exact) mass is 628 g/mol. The molecule has 0 unspecified atom stereocenters. The Morgan fingerprint density at radius 1 is 0.408 bits per heavy atom. The van der Waals surface area contributed by atoms with Crippen molar-refractivity contribution in [2.75, 3.05) is 4.90 Å². The molecule has 10 aromatic rings. The molecule has 0 atom stereocenters. The van der Waals surface area contributed by atoms with Gasteiger partial charge in [-0.05, 0) is 81.2 Å². The third-order valence-electron chi connectivity index (χ3n) is 9.45. The second-order valence-electron chi connectivity index (χ2n) is 12.4. The van der Waals surface area contributed by atoms with Gasteiger partial charge in [-0.3, -0.25) is 0 Å². The number of hydrogen-bond acceptors (Lipinski definition) is 4. The van der Waals surface area contributed by atoms with Crippen molar-refractivity contribution in [3.8, 4) is 22.6 Å². The van der Waals surface area contributed by atoms with Gasteiger partial charge in [0.25, 0.3) is 0 Å². The first-order valence-electron chi connectivity index (χ1n) is 16.5. The second kappa shape index (κ2) is 11.0. The molecule has 0 spiro atoms. The number of hydrogen-bond donors (Lipinski definition) is 0. The molecular formula is C45H28N2O2. The van der Waals surface area contributed by atoms with Crippen molar-refractivity contribution in [1.29, 1.82) is 0 Å². The standard InChI is InChI=1S/C45H28N2O2/c1-3-11-29(12-4-1)32-16-9-17-34(25-32)47(35-23-24-37-33(26-35)22-21-30-13-7-8-18-36(30)37)41-20-10-19-38-39-27-43-40(28-42(39)48-44(38)41)46-45(49-43)31-14-5-2-6-15-31/h1-28H. The summed E-state index contributed by atoms with van der Waals surface area (Å²) in [7, 11) is 0. The van der Waals surface area contributed by atoms with E-state index in [1.807, 2.05) is 36.4 Å². The van der Waals surface area contributed by atoms with E-state index in [1.54, 1.807) is 0 Å². The molecule has 0 radical (unpaired) electrons. The van der Waals surface area contributed by atoms with Gasteiger partial charge in [-0.2, -0.15) is 0 Å². The molecule has 0 N–H and O–H groups in total. The maximum atomic E-state index is 6.77. The van der Waals surface area contributed by atoms with Crippen molar-refractivity contribution in [3.05, 3.63) is 170 Å². The van der Waals surface area contributed by atoms with Crippen LogP contribution in [0.2, 0.25) is 0 Å². The molecular weight excluding hydrogens is 601 g/mol. The molecule has 2 heterocycles. The van der Waals surface area contributed by atoms with Gasteiger partial charge in [0, 0.05) is 33.8 Å². The first kappa shape index (κ1) is 27.5. The quantitative estimate of drug-likeness (QED) is 0.178. The Morgan fingerprint density at radius 3 is 1.98 bits per heavy atom. The largest absolute Gasteiger partial charge is 0.454 e. The molecule has 8 aromatic carbocycles. The van der Waals surface area contributed by atoms with Crippen LogP contribution in [-0.4, -0.2) is 4.98 Å². The molecule has 230 valence electrons. The Balaban J connectivity index is 1.18. The minimum atomic E-state index is 0.599. The van der Waals surface area contributed by atoms with Crippen LogP contribution in [0.25, 0.3) is 77.2 Å². The Bertz CT molecular complexity index is 2830. The second-order valence-corrected chi connectivity index (χ2v) is 12.4. The van der Waals surface area contributed by atoms with E-state index in [2.05, 4.69) is 138 Å². The molecule has 0 saturated heterocycles. The summed E-state index contributed by atoms with van der Waals surface area (Å²) in [5.74, 6) is 0.599. The number of rotatable bonds is 5. The van der Waals surface area contributed by atoms with E-state index < -0.39 is 0 Å². The summed E-state index contributed by atoms with van der Waals surface area (Å²) in [5.41, 5.74) is 9.36. The number of anilines is 3. The highest BCUT2D eigenvalue weighted by atomic mass is 16.4. The SMILES string of the molecule is c1ccc(-c2cccc(N(c3ccc4c(ccc5ccccc54)c3)c3cccc4c3oc3cc5nc(-c6ccccc6)oc5cc34)c2)cc1. The van der Waals surface area contributed by atoms with Crippen LogP contribution in [0.3, 0.4) is 0 Å². The lowest BCUT2D eigenvalue weighted by atomic mass is 10.0. The average Bonchev–Trinajstić information content (AvgIpc) is 3.76. The summed E-state index contributed by atoms with van der Waals surface area (Å²) < 4.78 is 13.0. The first-order valence-corrected chi connectivity index (χ1v) is 16.5. The molecule has 0 fully saturated rings. The minimum absolute atomic E-state index is 0.599. The topological polar surface area (TPSA) is 42.4 Å². The van der Waals surface area contributed by atoms with Crippen LogP contribution in [0.4, 0.5) is 17.1 Å². The molecule has 0 amide bonds. The zero-order valence-electron chi connectivity index (χ0n) is 26.4. The number of benzene rings is 8. The summed E-state index contributed by atoms with van der Waals surface area (Å²) in [6.07, 6.45) is 0. The number of fused-ring (bicyclic) bond motifs is 7. The number of aromatic nitrogens is 1. The fourth-order valence-corrected chi connectivity index (χ4v) is 7.11. The van der Waals surface area contributed by atoms with E-state index in [0.717, 1.165) is 61.2 Å². The highest BCUT2D eigenvalue weighted by Gasteiger charge is 2.21. The highest BCUT2D eigenvalue weighted by molar-refractivity contribution is 6.14. The Kier molecular flexibility index (Phi) is 6.15. The highest BCUT2D eigenvalue weighted by Crippen LogP contribution is 2.44. The van der Waals surface area contributed by atoms with Crippen molar-refractivity contribution < 1.29 is 8.83 Å². The van der Waals surface area contributed by atoms with Crippen molar-refractivity contribution in [1.82, 2.24) is 4.98 Å². The van der Waals surface area contributed by atoms with E-state index in [-0.39, 0.29) is 0 Å². The van der Waals surface area contributed by atoms with Gasteiger partial charge in [-0.25, -0.2) is 4.98 Å². The van der Waals surface area contributed by atoms with E-state index in [1.165, 1.54) is 27.1 Å². The van der Waals surface area contributed by atoms with Crippen LogP contribution in [0, 0.1) is 0 Å². The Morgan fingerprint density at radius 2 is 1.10 bits per heavy atom. The third-order valence-corrected chi connectivity index (χ3v) is 9.45. The molecule has 0 saturated carbocycles. The fourth-order valence-electron chi connectivity index (χ4n) is 7.11. The van der Waals surface area contributed by atoms with Crippen molar-refractivity contribution in [2.45, 2.75) is 0 Å². The lowest BCUT2D eigenvalue weighted by Gasteiger charge is -2.26. The third kappa shape index (κ3) is 4.57. The van der Waals surface area contributed by atoms with Crippen molar-refractivity contribution >= 4 is 71.6 Å². The van der Waals surface area contributed by atoms with Crippen LogP contribution in [0.5, 0.6) is 0 Å². The minimum Gasteiger partial charge on any atom is -0.454 e. The molecule has 4 nitrogen and oxygen atoms in total. The lowest BCUT2D eigenvalue weighted by molar-refractivity contribution is 0.620. The number of para-hydroxylation sites is 1. The smallest absolute Gasteiger partial charge is 0.227 e. The molecule has 2 aromatic heterocycles. The van der Waals surface area contributed by atoms with Crippen LogP contribution in [-0.2, 0) is 0 Å². The predicted octanol–water partition coefficient (Wildman–Crippen LogP) is 12.8. The number of furan rings is 1. The van der Waals surface area contributed by atoms with Gasteiger partial charge in [-0.1, -0.05) is 115 Å². The normalized spacial score (nSPS) is 11.7. The zero-order valence-corrected chi connectivity index (χ0v) is 26.4. The lowest BCUT2D eigenvalue weighted by Crippen LogP contribution is -2.10. The van der Waals surface area contributed by atoms with Crippen LogP contribution < -0.4 is 4.90 Å². The number of nitrogens with zero attached hydrogens (tertiary/aromatic N) is 2. The summed E-state index contributed by atoms with van der Waals surface area (Å²) >= 11 is 0. The Labute approximate surface area is 282 Å². The average molecular weight is 629 g/mol. The summed E-state index contributed by atoms with van der Waals surface area (Å²) in [5, 5.41) is 6.89. The van der Waals surface area contributed by atoms with E-state index in [4.69, 9.17) is 13.8 Å². The Hall–Kier alpha value is -6.65. The molecule has 0 bridgehead atoms. The zero-order chi connectivity index (χ0) is 32.3. The first-order chi connectivity index (χ1) is 24.3. The van der Waals surface area contributed by atoms with Crippen molar-refractivity contribution in [2.24, 2.45) is 0 Å². The van der Waals surface area contributed by atoms with Crippen LogP contribution in [0.15, 0.2) is 179 Å². The van der Waals surface area contributed by atoms with Crippen molar-refractivity contribution in [3.63, 3.8) is 0 Å². The summed E-state index contributed by atoms with van der Waals surface area (Å²) in [6.45, 7) is 0. The molecule has 4 heteroatoms. The fraction of sp³-hybridized carbons (Fsp3) is 0. The van der Waals surface area contributed by atoms with Gasteiger partial charge in [0.15, 0.2) is 11.2 Å². The van der Waals surface area contributed by atoms with Gasteiger partial charge in [0.1, 0.15) is 11.1 Å². The van der Waals surface area contributed by atoms with Gasteiger partial charge < -0.3 is 13.7 Å². The van der Waals surface area contributed by atoms with Crippen LogP contribution >= 0.6 is 0 Å². The van der Waals surface area contributed by atoms with E-state index in [9.17, 15) is 0 Å². The summed E-state index contributed by atoms with van der Waals surface area (Å²) in [6, 6.07) is 59.3. The van der Waals surface area contributed by atoms with Crippen LogP contribution in [0.1, 0.15) is 0 Å². The van der Waals surface area contributed by atoms with E-state index >= 15 is 0 Å². The van der Waals surface area contributed by atoms with Gasteiger partial charge in [-0.15, -0.1) is 0 Å². The summed E-state index contributed by atoms with van der Waals surface area (Å²) in [4.78, 5) is 7.12. The predicted molar refractivity (Wildman–Crippen MR) is 202 cm³/mol. The molecule has 0 aliphatic carbocycles. The van der Waals surface area contributed by atoms with E-state index in [0.29, 0.717) is 5.89 Å². The molecule has 10 rings (SSSR count). The van der Waals surface area contributed by atoms with Gasteiger partial charge in [0.05, 0.1) is 5.69 Å². The number of oxazole rings is 1. The molecule has 0 aliphatic rings. The maximum absolute atomic E-state index is 6.77. The van der Waals surface area contributed by atoms with Gasteiger partial charge >= 0.3 is 0 Å².